The van der Waals surface area contributed by atoms with E-state index in [9.17, 15) is 4.79 Å². The van der Waals surface area contributed by atoms with E-state index in [1.54, 1.807) is 12.4 Å². The first-order valence-corrected chi connectivity index (χ1v) is 7.75. The fourth-order valence-electron chi connectivity index (χ4n) is 3.15. The molecule has 0 unspecified atom stereocenters. The maximum absolute atomic E-state index is 12.8. The standard InChI is InChI=1S/C16H22N2O3/c1-2-12-10-17-6-5-14(12)15(19)18-7-3-4-13(11-18)16-20-8-9-21-16/h5-6,10,13,16H,2-4,7-9,11H2,1H3/t13-/m1/s1. The van der Waals surface area contributed by atoms with Crippen molar-refractivity contribution in [3.8, 4) is 0 Å². The zero-order valence-electron chi connectivity index (χ0n) is 12.5. The Bertz CT molecular complexity index is 500. The average molecular weight is 290 g/mol. The fraction of sp³-hybridized carbons (Fsp3) is 0.625. The van der Waals surface area contributed by atoms with Gasteiger partial charge in [-0.15, -0.1) is 0 Å². The first-order chi connectivity index (χ1) is 10.3. The van der Waals surface area contributed by atoms with Crippen LogP contribution in [0.3, 0.4) is 0 Å². The van der Waals surface area contributed by atoms with E-state index in [1.807, 2.05) is 17.9 Å². The molecule has 0 N–H and O–H groups in total. The van der Waals surface area contributed by atoms with Crippen molar-refractivity contribution in [2.24, 2.45) is 5.92 Å². The summed E-state index contributed by atoms with van der Waals surface area (Å²) in [6.45, 7) is 4.91. The molecule has 1 aromatic rings. The van der Waals surface area contributed by atoms with Crippen molar-refractivity contribution in [2.45, 2.75) is 32.5 Å². The van der Waals surface area contributed by atoms with E-state index in [4.69, 9.17) is 9.47 Å². The fourth-order valence-corrected chi connectivity index (χ4v) is 3.15. The Morgan fingerprint density at radius 2 is 2.24 bits per heavy atom. The second-order valence-corrected chi connectivity index (χ2v) is 5.65. The van der Waals surface area contributed by atoms with Crippen molar-refractivity contribution in [1.82, 2.24) is 9.88 Å². The van der Waals surface area contributed by atoms with Gasteiger partial charge in [0.1, 0.15) is 0 Å². The number of nitrogens with zero attached hydrogens (tertiary/aromatic N) is 2. The van der Waals surface area contributed by atoms with Crippen LogP contribution < -0.4 is 0 Å². The van der Waals surface area contributed by atoms with Crippen LogP contribution in [0.25, 0.3) is 0 Å². The highest BCUT2D eigenvalue weighted by molar-refractivity contribution is 5.95. The van der Waals surface area contributed by atoms with Gasteiger partial charge in [0.15, 0.2) is 6.29 Å². The Hall–Kier alpha value is -1.46. The van der Waals surface area contributed by atoms with Gasteiger partial charge >= 0.3 is 0 Å². The number of hydrogen-bond donors (Lipinski definition) is 0. The number of aromatic nitrogens is 1. The number of aryl methyl sites for hydroxylation is 1. The first-order valence-electron chi connectivity index (χ1n) is 7.75. The van der Waals surface area contributed by atoms with E-state index in [1.165, 1.54) is 0 Å². The van der Waals surface area contributed by atoms with Gasteiger partial charge in [0, 0.05) is 37.0 Å². The number of amides is 1. The summed E-state index contributed by atoms with van der Waals surface area (Å²) in [5.74, 6) is 0.397. The molecule has 21 heavy (non-hydrogen) atoms. The summed E-state index contributed by atoms with van der Waals surface area (Å²) in [7, 11) is 0. The summed E-state index contributed by atoms with van der Waals surface area (Å²) in [6.07, 6.45) is 6.23. The molecule has 1 aromatic heterocycles. The molecular weight excluding hydrogens is 268 g/mol. The van der Waals surface area contributed by atoms with Crippen molar-refractivity contribution >= 4 is 5.91 Å². The largest absolute Gasteiger partial charge is 0.350 e. The number of carbonyl (C=O) groups is 1. The number of ether oxygens (including phenoxy) is 2. The number of pyridine rings is 1. The number of likely N-dealkylation sites (tertiary alicyclic amines) is 1. The molecule has 0 saturated carbocycles. The van der Waals surface area contributed by atoms with Crippen LogP contribution in [0.2, 0.25) is 0 Å². The summed E-state index contributed by atoms with van der Waals surface area (Å²) < 4.78 is 11.2. The number of hydrogen-bond acceptors (Lipinski definition) is 4. The predicted molar refractivity (Wildman–Crippen MR) is 77.9 cm³/mol. The first kappa shape index (κ1) is 14.5. The molecule has 2 saturated heterocycles. The predicted octanol–water partition coefficient (Wildman–Crippen LogP) is 1.87. The molecule has 1 amide bonds. The van der Waals surface area contributed by atoms with Crippen molar-refractivity contribution in [1.29, 1.82) is 0 Å². The van der Waals surface area contributed by atoms with Crippen LogP contribution in [0, 0.1) is 5.92 Å². The van der Waals surface area contributed by atoms with Gasteiger partial charge in [-0.3, -0.25) is 9.78 Å². The topological polar surface area (TPSA) is 51.7 Å². The van der Waals surface area contributed by atoms with E-state index in [2.05, 4.69) is 4.98 Å². The molecule has 114 valence electrons. The van der Waals surface area contributed by atoms with Gasteiger partial charge in [0.05, 0.1) is 13.2 Å². The summed E-state index contributed by atoms with van der Waals surface area (Å²) in [6, 6.07) is 1.83. The normalized spacial score (nSPS) is 23.5. The van der Waals surface area contributed by atoms with Gasteiger partial charge in [0.2, 0.25) is 0 Å². The van der Waals surface area contributed by atoms with E-state index < -0.39 is 0 Å². The molecule has 0 aromatic carbocycles. The monoisotopic (exact) mass is 290 g/mol. The van der Waals surface area contributed by atoms with Gasteiger partial charge in [-0.05, 0) is 30.9 Å². The summed E-state index contributed by atoms with van der Waals surface area (Å²) in [5.41, 5.74) is 1.79. The van der Waals surface area contributed by atoms with Gasteiger partial charge < -0.3 is 14.4 Å². The minimum atomic E-state index is -0.135. The molecule has 2 aliphatic rings. The Labute approximate surface area is 125 Å². The Balaban J connectivity index is 1.71. The third-order valence-electron chi connectivity index (χ3n) is 4.29. The lowest BCUT2D eigenvalue weighted by Crippen LogP contribution is -2.44. The molecule has 3 heterocycles. The van der Waals surface area contributed by atoms with E-state index in [-0.39, 0.29) is 18.1 Å². The van der Waals surface area contributed by atoms with E-state index in [0.29, 0.717) is 13.2 Å². The summed E-state index contributed by atoms with van der Waals surface area (Å²) in [5, 5.41) is 0. The molecule has 0 radical (unpaired) electrons. The SMILES string of the molecule is CCc1cnccc1C(=O)N1CCC[C@@H](C2OCCO2)C1. The molecule has 1 atom stereocenters. The summed E-state index contributed by atoms with van der Waals surface area (Å²) >= 11 is 0. The van der Waals surface area contributed by atoms with Crippen LogP contribution in [-0.4, -0.2) is 48.4 Å². The second kappa shape index (κ2) is 6.54. The average Bonchev–Trinajstić information content (AvgIpc) is 3.09. The molecule has 0 bridgehead atoms. The molecule has 5 nitrogen and oxygen atoms in total. The maximum Gasteiger partial charge on any atom is 0.254 e. The van der Waals surface area contributed by atoms with E-state index in [0.717, 1.165) is 43.5 Å². The zero-order valence-corrected chi connectivity index (χ0v) is 12.5. The lowest BCUT2D eigenvalue weighted by molar-refractivity contribution is -0.0969. The van der Waals surface area contributed by atoms with Crippen LogP contribution in [0.1, 0.15) is 35.7 Å². The molecule has 0 spiro atoms. The third-order valence-corrected chi connectivity index (χ3v) is 4.29. The number of carbonyl (C=O) groups excluding carboxylic acids is 1. The lowest BCUT2D eigenvalue weighted by atomic mass is 9.96. The Kier molecular flexibility index (Phi) is 4.51. The Morgan fingerprint density at radius 3 is 3.00 bits per heavy atom. The van der Waals surface area contributed by atoms with Crippen LogP contribution in [0.15, 0.2) is 18.5 Å². The highest BCUT2D eigenvalue weighted by Crippen LogP contribution is 2.26. The van der Waals surface area contributed by atoms with Crippen LogP contribution in [0.5, 0.6) is 0 Å². The highest BCUT2D eigenvalue weighted by Gasteiger charge is 2.33. The maximum atomic E-state index is 12.8. The van der Waals surface area contributed by atoms with Crippen molar-refractivity contribution in [3.63, 3.8) is 0 Å². The van der Waals surface area contributed by atoms with Gasteiger partial charge in [-0.1, -0.05) is 6.92 Å². The van der Waals surface area contributed by atoms with E-state index >= 15 is 0 Å². The zero-order chi connectivity index (χ0) is 14.7. The molecule has 5 heteroatoms. The molecule has 2 aliphatic heterocycles. The Morgan fingerprint density at radius 1 is 1.43 bits per heavy atom. The molecule has 3 rings (SSSR count). The van der Waals surface area contributed by atoms with Crippen LogP contribution in [0.4, 0.5) is 0 Å². The van der Waals surface area contributed by atoms with Gasteiger partial charge in [0.25, 0.3) is 5.91 Å². The van der Waals surface area contributed by atoms with Gasteiger partial charge in [-0.2, -0.15) is 0 Å². The smallest absolute Gasteiger partial charge is 0.254 e. The lowest BCUT2D eigenvalue weighted by Gasteiger charge is -2.35. The molecular formula is C16H22N2O3. The quantitative estimate of drug-likeness (QED) is 0.853. The van der Waals surface area contributed by atoms with Crippen molar-refractivity contribution in [3.05, 3.63) is 29.6 Å². The van der Waals surface area contributed by atoms with Crippen molar-refractivity contribution < 1.29 is 14.3 Å². The minimum absolute atomic E-state index is 0.108. The van der Waals surface area contributed by atoms with Gasteiger partial charge in [-0.25, -0.2) is 0 Å². The summed E-state index contributed by atoms with van der Waals surface area (Å²) in [4.78, 5) is 18.8. The number of piperidine rings is 1. The second-order valence-electron chi connectivity index (χ2n) is 5.65. The number of rotatable bonds is 3. The minimum Gasteiger partial charge on any atom is -0.350 e. The van der Waals surface area contributed by atoms with Crippen molar-refractivity contribution in [2.75, 3.05) is 26.3 Å². The molecule has 0 aliphatic carbocycles. The molecule has 2 fully saturated rings. The third kappa shape index (κ3) is 3.09. The highest BCUT2D eigenvalue weighted by atomic mass is 16.7. The van der Waals surface area contributed by atoms with Crippen LogP contribution in [-0.2, 0) is 15.9 Å². The van der Waals surface area contributed by atoms with Crippen LogP contribution >= 0.6 is 0 Å².